The molecule has 1 aliphatic carbocycles. The van der Waals surface area contributed by atoms with Gasteiger partial charge < -0.3 is 0 Å². The first-order valence-electron chi connectivity index (χ1n) is 7.11. The second-order valence-corrected chi connectivity index (χ2v) is 8.50. The lowest BCUT2D eigenvalue weighted by Crippen LogP contribution is -2.12. The fourth-order valence-electron chi connectivity index (χ4n) is 2.74. The molecule has 0 amide bonds. The van der Waals surface area contributed by atoms with E-state index in [-0.39, 0.29) is 8.80 Å². The molecule has 0 heterocycles. The van der Waals surface area contributed by atoms with E-state index in [4.69, 9.17) is 0 Å². The molecule has 0 aromatic carbocycles. The number of hydrogen-bond acceptors (Lipinski definition) is 0. The monoisotopic (exact) mass is 225 g/mol. The lowest BCUT2D eigenvalue weighted by molar-refractivity contribution is 0.501. The van der Waals surface area contributed by atoms with Crippen molar-refractivity contribution in [2.75, 3.05) is 0 Å². The number of rotatable bonds is 1. The molecule has 15 heavy (non-hydrogen) atoms. The van der Waals surface area contributed by atoms with Crippen LogP contribution in [0.4, 0.5) is 0 Å². The van der Waals surface area contributed by atoms with E-state index in [9.17, 15) is 0 Å². The van der Waals surface area contributed by atoms with Gasteiger partial charge in [0.2, 0.25) is 0 Å². The molecular weight excluding hydrogens is 196 g/mol. The maximum absolute atomic E-state index is 2.52. The highest BCUT2D eigenvalue weighted by molar-refractivity contribution is 6.57. The fraction of sp³-hybridized carbons (Fsp3) is 1.00. The summed E-state index contributed by atoms with van der Waals surface area (Å²) in [6.45, 7) is 5.03. The summed E-state index contributed by atoms with van der Waals surface area (Å²) < 4.78 is 0. The Labute approximate surface area is 98.5 Å². The molecule has 0 nitrogen and oxygen atoms in total. The van der Waals surface area contributed by atoms with Gasteiger partial charge in [0.1, 0.15) is 0 Å². The van der Waals surface area contributed by atoms with Crippen LogP contribution in [0.3, 0.4) is 0 Å². The fourth-order valence-corrected chi connectivity index (χ4v) is 4.30. The summed E-state index contributed by atoms with van der Waals surface area (Å²) in [7, 11) is -0.0225. The average molecular weight is 225 g/mol. The van der Waals surface area contributed by atoms with Crippen molar-refractivity contribution in [1.29, 1.82) is 0 Å². The van der Waals surface area contributed by atoms with E-state index < -0.39 is 0 Å². The van der Waals surface area contributed by atoms with Crippen LogP contribution in [0.1, 0.15) is 70.6 Å². The molecule has 0 atom stereocenters. The Bertz CT molecular complexity index is 130. The van der Waals surface area contributed by atoms with Gasteiger partial charge in [0.15, 0.2) is 0 Å². The largest absolute Gasteiger partial charge is 0.0711 e. The zero-order chi connectivity index (χ0) is 10.9. The second-order valence-electron chi connectivity index (χ2n) is 5.53. The van der Waals surface area contributed by atoms with Crippen LogP contribution in [0.15, 0.2) is 0 Å². The van der Waals surface area contributed by atoms with Crippen LogP contribution in [0.2, 0.25) is 18.6 Å². The Kier molecular flexibility index (Phi) is 7.42. The minimum atomic E-state index is -0.0225. The van der Waals surface area contributed by atoms with E-state index in [1.807, 2.05) is 0 Å². The van der Waals surface area contributed by atoms with Crippen LogP contribution in [0, 0.1) is 0 Å². The molecule has 1 saturated carbocycles. The van der Waals surface area contributed by atoms with E-state index in [2.05, 4.69) is 13.1 Å². The van der Waals surface area contributed by atoms with Crippen molar-refractivity contribution in [3.8, 4) is 0 Å². The first-order valence-corrected chi connectivity index (χ1v) is 9.68. The third-order valence-electron chi connectivity index (χ3n) is 3.92. The van der Waals surface area contributed by atoms with Gasteiger partial charge in [0.05, 0.1) is 0 Å². The van der Waals surface area contributed by atoms with E-state index in [1.54, 1.807) is 12.8 Å². The predicted molar refractivity (Wildman–Crippen MR) is 72.0 cm³/mol. The summed E-state index contributed by atoms with van der Waals surface area (Å²) in [6.07, 6.45) is 16.6. The first-order chi connectivity index (χ1) is 7.30. The maximum Gasteiger partial charge on any atom is 0.0446 e. The summed E-state index contributed by atoms with van der Waals surface area (Å²) in [5.41, 5.74) is 1.12. The summed E-state index contributed by atoms with van der Waals surface area (Å²) in [5, 5.41) is 0. The van der Waals surface area contributed by atoms with Gasteiger partial charge in [-0.25, -0.2) is 0 Å². The Balaban J connectivity index is 2.25. The van der Waals surface area contributed by atoms with Crippen LogP contribution in [0.25, 0.3) is 0 Å². The van der Waals surface area contributed by atoms with Gasteiger partial charge in [-0.3, -0.25) is 0 Å². The molecule has 1 rings (SSSR count). The minimum Gasteiger partial charge on any atom is -0.0711 e. The van der Waals surface area contributed by atoms with Gasteiger partial charge in [-0.1, -0.05) is 83.7 Å². The molecule has 0 unspecified atom stereocenters. The Morgan fingerprint density at radius 2 is 0.933 bits per heavy atom. The van der Waals surface area contributed by atoms with Crippen LogP contribution < -0.4 is 0 Å². The van der Waals surface area contributed by atoms with E-state index in [0.29, 0.717) is 0 Å². The molecular formula is C14H29Si. The first kappa shape index (κ1) is 13.3. The van der Waals surface area contributed by atoms with E-state index >= 15 is 0 Å². The molecule has 0 aliphatic heterocycles. The zero-order valence-corrected chi connectivity index (χ0v) is 11.9. The van der Waals surface area contributed by atoms with Crippen molar-refractivity contribution < 1.29 is 0 Å². The third kappa shape index (κ3) is 6.39. The molecule has 89 valence electrons. The lowest BCUT2D eigenvalue weighted by atomic mass is 10.0. The Morgan fingerprint density at radius 3 is 1.27 bits per heavy atom. The van der Waals surface area contributed by atoms with Gasteiger partial charge in [-0.15, -0.1) is 0 Å². The van der Waals surface area contributed by atoms with Crippen molar-refractivity contribution in [2.45, 2.75) is 89.3 Å². The third-order valence-corrected chi connectivity index (χ3v) is 6.13. The number of hydrogen-bond donors (Lipinski definition) is 0. The van der Waals surface area contributed by atoms with Crippen LogP contribution in [-0.2, 0) is 0 Å². The lowest BCUT2D eigenvalue weighted by Gasteiger charge is -2.20. The molecule has 1 heteroatoms. The van der Waals surface area contributed by atoms with Crippen molar-refractivity contribution >= 4 is 8.80 Å². The summed E-state index contributed by atoms with van der Waals surface area (Å²) in [6, 6.07) is 0. The smallest absolute Gasteiger partial charge is 0.0446 e. The highest BCUT2D eigenvalue weighted by atomic mass is 28.3. The summed E-state index contributed by atoms with van der Waals surface area (Å²) >= 11 is 0. The van der Waals surface area contributed by atoms with Gasteiger partial charge >= 0.3 is 0 Å². The summed E-state index contributed by atoms with van der Waals surface area (Å²) in [5.74, 6) is 0. The second kappa shape index (κ2) is 8.38. The van der Waals surface area contributed by atoms with Crippen molar-refractivity contribution in [1.82, 2.24) is 0 Å². The normalized spacial score (nSPS) is 23.4. The summed E-state index contributed by atoms with van der Waals surface area (Å²) in [4.78, 5) is 0. The van der Waals surface area contributed by atoms with Crippen molar-refractivity contribution in [3.05, 3.63) is 0 Å². The molecule has 1 radical (unpaired) electrons. The van der Waals surface area contributed by atoms with Gasteiger partial charge in [0.25, 0.3) is 0 Å². The molecule has 1 fully saturated rings. The quantitative estimate of drug-likeness (QED) is 0.523. The van der Waals surface area contributed by atoms with Crippen molar-refractivity contribution in [2.24, 2.45) is 0 Å². The Hall–Kier alpha value is 0.217. The van der Waals surface area contributed by atoms with Crippen LogP contribution >= 0.6 is 0 Å². The van der Waals surface area contributed by atoms with Gasteiger partial charge in [-0.05, 0) is 5.54 Å². The van der Waals surface area contributed by atoms with Crippen LogP contribution in [-0.4, -0.2) is 8.80 Å². The molecule has 0 aromatic rings. The maximum atomic E-state index is 2.52. The molecule has 0 bridgehead atoms. The average Bonchev–Trinajstić information content (AvgIpc) is 2.18. The Morgan fingerprint density at radius 1 is 0.600 bits per heavy atom. The van der Waals surface area contributed by atoms with E-state index in [1.165, 1.54) is 57.8 Å². The minimum absolute atomic E-state index is 0.0225. The SMILES string of the molecule is C[Si](C)C1CCCCCCCCCCC1. The molecule has 0 saturated heterocycles. The van der Waals surface area contributed by atoms with Gasteiger partial charge in [-0.2, -0.15) is 0 Å². The molecule has 0 spiro atoms. The van der Waals surface area contributed by atoms with Crippen LogP contribution in [0.5, 0.6) is 0 Å². The topological polar surface area (TPSA) is 0 Å². The highest BCUT2D eigenvalue weighted by Gasteiger charge is 2.14. The molecule has 0 aromatic heterocycles. The zero-order valence-electron chi connectivity index (χ0n) is 10.9. The molecule has 0 N–H and O–H groups in total. The van der Waals surface area contributed by atoms with E-state index in [0.717, 1.165) is 5.54 Å². The molecule has 1 aliphatic rings. The predicted octanol–water partition coefficient (Wildman–Crippen LogP) is 5.42. The van der Waals surface area contributed by atoms with Gasteiger partial charge in [0, 0.05) is 8.80 Å². The van der Waals surface area contributed by atoms with Crippen molar-refractivity contribution in [3.63, 3.8) is 0 Å². The highest BCUT2D eigenvalue weighted by Crippen LogP contribution is 2.27. The standard InChI is InChI=1S/C14H29Si/c1-15(2)14-12-10-8-6-4-3-5-7-9-11-13-14/h14H,3-13H2,1-2H3.